The number of ether oxygens (including phenoxy) is 3. The topological polar surface area (TPSA) is 625 Å². The van der Waals surface area contributed by atoms with E-state index in [1.165, 1.54) is 24.3 Å². The van der Waals surface area contributed by atoms with E-state index in [-0.39, 0.29) is 151 Å². The Hall–Kier alpha value is -8.52. The highest BCUT2D eigenvalue weighted by Crippen LogP contribution is 2.32. The lowest BCUT2D eigenvalue weighted by Gasteiger charge is -2.27. The van der Waals surface area contributed by atoms with Crippen molar-refractivity contribution in [3.63, 3.8) is 0 Å². The largest absolute Gasteiger partial charge is 0.387 e. The molecule has 1 aliphatic rings. The number of hydrogen-bond acceptors (Lipinski definition) is 21. The van der Waals surface area contributed by atoms with Gasteiger partial charge < -0.3 is 119 Å². The average molecular weight is 1250 g/mol. The normalized spacial score (nSPS) is 17.0. The fraction of sp³-hybridized carbons (Fsp3) is 0.686. The van der Waals surface area contributed by atoms with Gasteiger partial charge in [-0.25, -0.2) is 15.0 Å². The third kappa shape index (κ3) is 27.5. The Labute approximate surface area is 509 Å². The number of carbonyl (C=O) groups is 7. The van der Waals surface area contributed by atoms with Crippen LogP contribution in [0.15, 0.2) is 32.6 Å². The molecule has 0 aromatic carbocycles. The SMILES string of the molecule is COCCOCCNC(=O)[C@H](CCCCN)NC(=O)[C@H](CCCN=C(N)N)NC(=O)[C@H](CCCN=C(N)N)NC(=O)[C@H](CCCN=C(N)N)NC(=O)[C@H](CCCN=C(N)N)NC(=O)CCCCCNC(=O)[C@H]1O[C@@H](n2cnc3c(N)ncnc32)[C@H](O)[C@@H]1O. The molecule has 1 aliphatic heterocycles. The van der Waals surface area contributed by atoms with Crippen molar-refractivity contribution in [1.82, 2.24) is 56.7 Å². The van der Waals surface area contributed by atoms with Crippen LogP contribution in [0.3, 0.4) is 0 Å². The first kappa shape index (κ1) is 73.7. The van der Waals surface area contributed by atoms with Crippen molar-refractivity contribution in [2.75, 3.05) is 78.5 Å². The number of anilines is 1. The number of aliphatic hydroxyl groups is 2. The summed E-state index contributed by atoms with van der Waals surface area (Å²) in [5.41, 5.74) is 56.5. The lowest BCUT2D eigenvalue weighted by molar-refractivity contribution is -0.137. The molecule has 1 fully saturated rings. The van der Waals surface area contributed by atoms with E-state index in [0.717, 1.165) is 0 Å². The molecule has 37 nitrogen and oxygen atoms in total. The van der Waals surface area contributed by atoms with Crippen LogP contribution in [0, 0.1) is 0 Å². The number of carbonyl (C=O) groups excluding carboxylic acids is 7. The van der Waals surface area contributed by atoms with Crippen molar-refractivity contribution in [3.05, 3.63) is 12.7 Å². The predicted molar refractivity (Wildman–Crippen MR) is 325 cm³/mol. The first-order chi connectivity index (χ1) is 42.1. The number of aliphatic imine (C=N–C) groups is 4. The van der Waals surface area contributed by atoms with E-state index in [4.69, 9.17) is 71.5 Å². The number of methoxy groups -OCH3 is 1. The molecule has 3 rings (SSSR count). The number of aliphatic hydroxyl groups excluding tert-OH is 2. The number of unbranched alkanes of at least 4 members (excludes halogenated alkanes) is 3. The number of nitrogens with one attached hydrogen (secondary N) is 7. The number of rotatable bonds is 44. The van der Waals surface area contributed by atoms with Crippen LogP contribution in [0.2, 0.25) is 0 Å². The van der Waals surface area contributed by atoms with Crippen molar-refractivity contribution in [1.29, 1.82) is 0 Å². The van der Waals surface area contributed by atoms with Crippen LogP contribution >= 0.6 is 0 Å². The van der Waals surface area contributed by atoms with Gasteiger partial charge in [0.15, 0.2) is 47.6 Å². The molecule has 29 N–H and O–H groups in total. The molecule has 9 atom stereocenters. The summed E-state index contributed by atoms with van der Waals surface area (Å²) in [5, 5.41) is 40.6. The summed E-state index contributed by atoms with van der Waals surface area (Å²) in [6.45, 7) is 1.65. The molecule has 88 heavy (non-hydrogen) atoms. The van der Waals surface area contributed by atoms with Gasteiger partial charge >= 0.3 is 0 Å². The quantitative estimate of drug-likeness (QED) is 0.0166. The summed E-state index contributed by atoms with van der Waals surface area (Å²) < 4.78 is 17.5. The summed E-state index contributed by atoms with van der Waals surface area (Å²) in [4.78, 5) is 126. The standard InChI is InChI=1S/C51H93N25O12/c1-86-25-26-87-24-23-63-41(80)29(11-4-5-17-52)72-43(82)31(13-8-20-65-49(56)57)74-45(84)33(15-10-22-67-51(60)61)75-44(83)32(14-9-21-66-50(58)59)73-42(81)30(12-7-19-64-48(54)55)71-34(77)16-3-2-6-18-62-46(85)38-36(78)37(79)47(88-38)76-28-70-35-39(53)68-27-69-40(35)76/h27-33,36-38,47,78-79H,2-26,52H2,1H3,(H,62,85)(H,63,80)(H,71,77)(H,72,82)(H,73,81)(H,74,84)(H,75,83)(H2,53,68,69)(H4,54,55,64)(H4,56,57,65)(H4,58,59,66)(H4,60,61,67)/t29-,30-,31-,32-,33-,36-,37+,38-,47+/m0/s1. The molecule has 494 valence electrons. The van der Waals surface area contributed by atoms with Gasteiger partial charge in [-0.15, -0.1) is 0 Å². The maximum Gasteiger partial charge on any atom is 0.252 e. The number of nitrogens with zero attached hydrogens (tertiary/aromatic N) is 8. The third-order valence-electron chi connectivity index (χ3n) is 13.4. The minimum atomic E-state index is -1.59. The molecule has 37 heteroatoms. The lowest BCUT2D eigenvalue weighted by Crippen LogP contribution is -2.59. The van der Waals surface area contributed by atoms with Gasteiger partial charge in [-0.3, -0.25) is 58.1 Å². The second kappa shape index (κ2) is 40.8. The average Bonchev–Trinajstić information content (AvgIpc) is 2.07. The summed E-state index contributed by atoms with van der Waals surface area (Å²) in [6.07, 6.45) is -0.466. The number of hydrogen-bond donors (Lipinski definition) is 19. The van der Waals surface area contributed by atoms with Gasteiger partial charge in [-0.1, -0.05) is 6.42 Å². The molecule has 0 aliphatic carbocycles. The zero-order chi connectivity index (χ0) is 65.0. The second-order valence-electron chi connectivity index (χ2n) is 20.5. The highest BCUT2D eigenvalue weighted by atomic mass is 16.6. The number of nitrogen functional groups attached to an aromatic ring is 1. The lowest BCUT2D eigenvalue weighted by atomic mass is 10.0. The Bertz CT molecular complexity index is 2630. The fourth-order valence-electron chi connectivity index (χ4n) is 8.88. The van der Waals surface area contributed by atoms with E-state index in [9.17, 15) is 43.8 Å². The van der Waals surface area contributed by atoms with E-state index in [2.05, 4.69) is 72.1 Å². The number of nitrogens with two attached hydrogens (primary N) is 10. The Balaban J connectivity index is 1.78. The molecule has 0 radical (unpaired) electrons. The van der Waals surface area contributed by atoms with Gasteiger partial charge in [-0.2, -0.15) is 0 Å². The summed E-state index contributed by atoms with van der Waals surface area (Å²) in [5.74, 6) is -5.66. The van der Waals surface area contributed by atoms with Crippen molar-refractivity contribution in [3.8, 4) is 0 Å². The van der Waals surface area contributed by atoms with Crippen molar-refractivity contribution >= 4 is 82.2 Å². The minimum Gasteiger partial charge on any atom is -0.387 e. The fourth-order valence-corrected chi connectivity index (χ4v) is 8.88. The van der Waals surface area contributed by atoms with Crippen LogP contribution in [0.1, 0.15) is 103 Å². The maximum atomic E-state index is 14.5. The number of imidazole rings is 1. The van der Waals surface area contributed by atoms with E-state index in [1.54, 1.807) is 0 Å². The van der Waals surface area contributed by atoms with Crippen LogP contribution in [-0.4, -0.2) is 216 Å². The first-order valence-electron chi connectivity index (χ1n) is 29.1. The van der Waals surface area contributed by atoms with Crippen molar-refractivity contribution in [2.45, 2.75) is 151 Å². The Kier molecular flexibility index (Phi) is 34.2. The van der Waals surface area contributed by atoms with Crippen LogP contribution in [-0.2, 0) is 47.8 Å². The van der Waals surface area contributed by atoms with Gasteiger partial charge in [0.05, 0.1) is 26.1 Å². The molecule has 0 unspecified atom stereocenters. The van der Waals surface area contributed by atoms with Crippen molar-refractivity contribution in [2.24, 2.45) is 71.6 Å². The van der Waals surface area contributed by atoms with Crippen LogP contribution in [0.4, 0.5) is 5.82 Å². The summed E-state index contributed by atoms with van der Waals surface area (Å²) in [6, 6.07) is -6.33. The Morgan fingerprint density at radius 1 is 0.568 bits per heavy atom. The highest BCUT2D eigenvalue weighted by molar-refractivity contribution is 5.96. The number of amides is 7. The smallest absolute Gasteiger partial charge is 0.252 e. The molecule has 2 aromatic heterocycles. The molecule has 0 saturated carbocycles. The Morgan fingerprint density at radius 2 is 1.05 bits per heavy atom. The van der Waals surface area contributed by atoms with E-state index >= 15 is 0 Å². The van der Waals surface area contributed by atoms with Gasteiger partial charge in [0.2, 0.25) is 35.4 Å². The van der Waals surface area contributed by atoms with Gasteiger partial charge in [0.1, 0.15) is 54.3 Å². The van der Waals surface area contributed by atoms with E-state index < -0.39 is 96.1 Å². The van der Waals surface area contributed by atoms with Crippen LogP contribution < -0.4 is 94.6 Å². The maximum absolute atomic E-state index is 14.5. The van der Waals surface area contributed by atoms with Gasteiger partial charge in [0, 0.05) is 52.8 Å². The Morgan fingerprint density at radius 3 is 1.52 bits per heavy atom. The minimum absolute atomic E-state index is 0.00745. The van der Waals surface area contributed by atoms with Crippen molar-refractivity contribution < 1.29 is 58.0 Å². The van der Waals surface area contributed by atoms with Crippen LogP contribution in [0.5, 0.6) is 0 Å². The number of fused-ring (bicyclic) bond motifs is 1. The number of guanidine groups is 4. The zero-order valence-electron chi connectivity index (χ0n) is 49.9. The van der Waals surface area contributed by atoms with E-state index in [0.29, 0.717) is 51.9 Å². The molecule has 0 bridgehead atoms. The molecule has 2 aromatic rings. The zero-order valence-corrected chi connectivity index (χ0v) is 49.9. The first-order valence-corrected chi connectivity index (χ1v) is 29.1. The molecule has 7 amide bonds. The molecular formula is C51H93N25O12. The summed E-state index contributed by atoms with van der Waals surface area (Å²) in [7, 11) is 1.53. The van der Waals surface area contributed by atoms with Gasteiger partial charge in [-0.05, 0) is 90.0 Å². The second-order valence-corrected chi connectivity index (χ2v) is 20.5. The summed E-state index contributed by atoms with van der Waals surface area (Å²) >= 11 is 0. The van der Waals surface area contributed by atoms with E-state index in [1.807, 2.05) is 0 Å². The number of aromatic nitrogens is 4. The van der Waals surface area contributed by atoms with Crippen LogP contribution in [0.25, 0.3) is 11.2 Å². The third-order valence-corrected chi connectivity index (χ3v) is 13.4. The molecule has 0 spiro atoms. The predicted octanol–water partition coefficient (Wildman–Crippen LogP) is -7.75. The monoisotopic (exact) mass is 1250 g/mol. The highest BCUT2D eigenvalue weighted by Gasteiger charge is 2.48. The molecule has 3 heterocycles. The molecule has 1 saturated heterocycles. The van der Waals surface area contributed by atoms with Gasteiger partial charge in [0.25, 0.3) is 5.91 Å². The molecular weight excluding hydrogens is 1150 g/mol.